The summed E-state index contributed by atoms with van der Waals surface area (Å²) in [5, 5.41) is 14.7. The molecule has 0 saturated carbocycles. The number of halogens is 1. The molecule has 1 saturated heterocycles. The highest BCUT2D eigenvalue weighted by Crippen LogP contribution is 2.24. The van der Waals surface area contributed by atoms with E-state index in [1.807, 2.05) is 14.0 Å². The fraction of sp³-hybridized carbons (Fsp3) is 0.750. The molecule has 2 unspecified atom stereocenters. The van der Waals surface area contributed by atoms with E-state index in [4.69, 9.17) is 11.6 Å². The molecule has 0 bridgehead atoms. The van der Waals surface area contributed by atoms with Crippen molar-refractivity contribution in [2.75, 3.05) is 13.1 Å². The molecule has 96 valence electrons. The Kier molecular flexibility index (Phi) is 3.76. The van der Waals surface area contributed by atoms with Gasteiger partial charge in [-0.25, -0.2) is 0 Å². The van der Waals surface area contributed by atoms with Gasteiger partial charge in [0.1, 0.15) is 5.15 Å². The lowest BCUT2D eigenvalue weighted by atomic mass is 9.96. The van der Waals surface area contributed by atoms with Crippen LogP contribution >= 0.6 is 11.6 Å². The van der Waals surface area contributed by atoms with Crippen molar-refractivity contribution in [3.63, 3.8) is 0 Å². The first-order valence-corrected chi connectivity index (χ1v) is 6.45. The molecule has 1 aromatic rings. The van der Waals surface area contributed by atoms with Crippen LogP contribution in [0.1, 0.15) is 24.6 Å². The normalized spacial score (nSPS) is 26.4. The fourth-order valence-corrected chi connectivity index (χ4v) is 2.67. The number of aromatic nitrogens is 2. The third kappa shape index (κ3) is 2.64. The Hall–Kier alpha value is -0.580. The quantitative estimate of drug-likeness (QED) is 0.875. The molecule has 4 nitrogen and oxygen atoms in total. The van der Waals surface area contributed by atoms with Gasteiger partial charge in [0.15, 0.2) is 0 Å². The van der Waals surface area contributed by atoms with Gasteiger partial charge in [0, 0.05) is 32.2 Å². The highest BCUT2D eigenvalue weighted by Gasteiger charge is 2.25. The molecule has 1 aliphatic rings. The van der Waals surface area contributed by atoms with E-state index in [0.717, 1.165) is 42.5 Å². The number of hydrogen-bond donors (Lipinski definition) is 1. The van der Waals surface area contributed by atoms with Gasteiger partial charge in [-0.05, 0) is 19.3 Å². The van der Waals surface area contributed by atoms with Crippen molar-refractivity contribution < 1.29 is 5.11 Å². The number of nitrogens with zero attached hydrogens (tertiary/aromatic N) is 3. The second kappa shape index (κ2) is 4.96. The maximum absolute atomic E-state index is 9.71. The average Bonchev–Trinajstić information content (AvgIpc) is 2.50. The van der Waals surface area contributed by atoms with Gasteiger partial charge in [0.2, 0.25) is 0 Å². The second-order valence-electron chi connectivity index (χ2n) is 5.05. The van der Waals surface area contributed by atoms with Gasteiger partial charge in [0.25, 0.3) is 0 Å². The lowest BCUT2D eigenvalue weighted by Crippen LogP contribution is -2.41. The van der Waals surface area contributed by atoms with Gasteiger partial charge in [-0.15, -0.1) is 0 Å². The fourth-order valence-electron chi connectivity index (χ4n) is 2.44. The van der Waals surface area contributed by atoms with E-state index < -0.39 is 0 Å². The molecular formula is C12H20ClN3O. The highest BCUT2D eigenvalue weighted by molar-refractivity contribution is 6.30. The molecule has 0 spiro atoms. The third-order valence-electron chi connectivity index (χ3n) is 3.60. The Morgan fingerprint density at radius 1 is 1.53 bits per heavy atom. The van der Waals surface area contributed by atoms with Crippen LogP contribution < -0.4 is 0 Å². The van der Waals surface area contributed by atoms with Gasteiger partial charge in [-0.2, -0.15) is 5.10 Å². The molecule has 1 aliphatic heterocycles. The Bertz CT molecular complexity index is 405. The molecule has 17 heavy (non-hydrogen) atoms. The van der Waals surface area contributed by atoms with Crippen LogP contribution in [0.3, 0.4) is 0 Å². The summed E-state index contributed by atoms with van der Waals surface area (Å²) in [5.74, 6) is 0.333. The zero-order valence-corrected chi connectivity index (χ0v) is 11.4. The van der Waals surface area contributed by atoms with Crippen LogP contribution in [0, 0.1) is 12.8 Å². The van der Waals surface area contributed by atoms with E-state index in [1.165, 1.54) is 0 Å². The Balaban J connectivity index is 2.06. The predicted octanol–water partition coefficient (Wildman–Crippen LogP) is 1.58. The summed E-state index contributed by atoms with van der Waals surface area (Å²) in [6.45, 7) is 6.76. The standard InChI is InChI=1S/C12H20ClN3O/c1-8-6-16(5-4-11(8)17)7-10-9(2)14-15(3)12(10)13/h8,11,17H,4-7H2,1-3H3. The molecule has 2 rings (SSSR count). The number of aliphatic hydroxyl groups excluding tert-OH is 1. The SMILES string of the molecule is Cc1nn(C)c(Cl)c1CN1CCC(O)C(C)C1. The zero-order chi connectivity index (χ0) is 12.6. The summed E-state index contributed by atoms with van der Waals surface area (Å²) in [6.07, 6.45) is 0.690. The molecule has 0 aromatic carbocycles. The number of aryl methyl sites for hydroxylation is 2. The van der Waals surface area contributed by atoms with E-state index in [9.17, 15) is 5.11 Å². The lowest BCUT2D eigenvalue weighted by molar-refractivity contribution is 0.0319. The Labute approximate surface area is 107 Å². The number of aliphatic hydroxyl groups is 1. The molecular weight excluding hydrogens is 238 g/mol. The Morgan fingerprint density at radius 3 is 2.76 bits per heavy atom. The molecule has 5 heteroatoms. The van der Waals surface area contributed by atoms with Crippen molar-refractivity contribution in [3.05, 3.63) is 16.4 Å². The third-order valence-corrected chi connectivity index (χ3v) is 4.07. The smallest absolute Gasteiger partial charge is 0.131 e. The first kappa shape index (κ1) is 12.9. The minimum Gasteiger partial charge on any atom is -0.393 e. The molecule has 1 fully saturated rings. The molecule has 0 amide bonds. The maximum Gasteiger partial charge on any atom is 0.131 e. The maximum atomic E-state index is 9.71. The Morgan fingerprint density at radius 2 is 2.24 bits per heavy atom. The second-order valence-corrected chi connectivity index (χ2v) is 5.40. The van der Waals surface area contributed by atoms with Crippen LogP contribution in [-0.2, 0) is 13.6 Å². The van der Waals surface area contributed by atoms with E-state index in [-0.39, 0.29) is 6.10 Å². The van der Waals surface area contributed by atoms with Crippen molar-refractivity contribution in [2.45, 2.75) is 32.9 Å². The lowest BCUT2D eigenvalue weighted by Gasteiger charge is -2.34. The summed E-state index contributed by atoms with van der Waals surface area (Å²) in [5.41, 5.74) is 2.11. The number of hydrogen-bond acceptors (Lipinski definition) is 3. The van der Waals surface area contributed by atoms with Crippen molar-refractivity contribution in [2.24, 2.45) is 13.0 Å². The molecule has 2 atom stereocenters. The van der Waals surface area contributed by atoms with Crippen LogP contribution in [0.5, 0.6) is 0 Å². The van der Waals surface area contributed by atoms with Crippen LogP contribution in [-0.4, -0.2) is 39.0 Å². The van der Waals surface area contributed by atoms with E-state index in [0.29, 0.717) is 5.92 Å². The van der Waals surface area contributed by atoms with Crippen LogP contribution in [0.4, 0.5) is 0 Å². The summed E-state index contributed by atoms with van der Waals surface area (Å²) < 4.78 is 1.72. The van der Waals surface area contributed by atoms with E-state index in [1.54, 1.807) is 4.68 Å². The summed E-state index contributed by atoms with van der Waals surface area (Å²) in [4.78, 5) is 2.34. The van der Waals surface area contributed by atoms with E-state index >= 15 is 0 Å². The van der Waals surface area contributed by atoms with Gasteiger partial charge in [-0.1, -0.05) is 18.5 Å². The number of piperidine rings is 1. The van der Waals surface area contributed by atoms with Crippen LogP contribution in [0.25, 0.3) is 0 Å². The minimum atomic E-state index is -0.156. The van der Waals surface area contributed by atoms with E-state index in [2.05, 4.69) is 16.9 Å². The zero-order valence-electron chi connectivity index (χ0n) is 10.6. The average molecular weight is 258 g/mol. The van der Waals surface area contributed by atoms with Gasteiger partial charge < -0.3 is 5.11 Å². The largest absolute Gasteiger partial charge is 0.393 e. The number of rotatable bonds is 2. The van der Waals surface area contributed by atoms with Crippen LogP contribution in [0.15, 0.2) is 0 Å². The topological polar surface area (TPSA) is 41.3 Å². The van der Waals surface area contributed by atoms with Gasteiger partial charge in [0.05, 0.1) is 11.8 Å². The highest BCUT2D eigenvalue weighted by atomic mass is 35.5. The summed E-state index contributed by atoms with van der Waals surface area (Å²) >= 11 is 6.22. The first-order chi connectivity index (χ1) is 7.99. The van der Waals surface area contributed by atoms with Crippen molar-refractivity contribution in [1.29, 1.82) is 0 Å². The molecule has 0 radical (unpaired) electrons. The molecule has 1 N–H and O–H groups in total. The monoisotopic (exact) mass is 257 g/mol. The van der Waals surface area contributed by atoms with Crippen molar-refractivity contribution in [3.8, 4) is 0 Å². The number of likely N-dealkylation sites (tertiary alicyclic amines) is 1. The molecule has 2 heterocycles. The van der Waals surface area contributed by atoms with Gasteiger partial charge in [-0.3, -0.25) is 9.58 Å². The summed E-state index contributed by atoms with van der Waals surface area (Å²) in [7, 11) is 1.86. The molecule has 0 aliphatic carbocycles. The van der Waals surface area contributed by atoms with Gasteiger partial charge >= 0.3 is 0 Å². The first-order valence-electron chi connectivity index (χ1n) is 6.07. The molecule has 1 aromatic heterocycles. The summed E-state index contributed by atoms with van der Waals surface area (Å²) in [6, 6.07) is 0. The van der Waals surface area contributed by atoms with Crippen molar-refractivity contribution in [1.82, 2.24) is 14.7 Å². The van der Waals surface area contributed by atoms with Crippen molar-refractivity contribution >= 4 is 11.6 Å². The predicted molar refractivity (Wildman–Crippen MR) is 68.0 cm³/mol. The van der Waals surface area contributed by atoms with Crippen LogP contribution in [0.2, 0.25) is 5.15 Å². The minimum absolute atomic E-state index is 0.156.